The molecule has 1 aromatic heterocycles. The summed E-state index contributed by atoms with van der Waals surface area (Å²) >= 11 is 3.55. The molecule has 112 valence electrons. The largest absolute Gasteiger partial charge is 0.353 e. The number of halogens is 1. The second kappa shape index (κ2) is 6.44. The Morgan fingerprint density at radius 1 is 1.40 bits per heavy atom. The van der Waals surface area contributed by atoms with Gasteiger partial charge in [-0.2, -0.15) is 0 Å². The maximum absolute atomic E-state index is 4.70. The lowest BCUT2D eigenvalue weighted by molar-refractivity contribution is 0.424. The van der Waals surface area contributed by atoms with Gasteiger partial charge in [-0.1, -0.05) is 6.92 Å². The van der Waals surface area contributed by atoms with E-state index >= 15 is 0 Å². The monoisotopic (exact) mass is 339 g/mol. The number of aromatic nitrogens is 1. The lowest BCUT2D eigenvalue weighted by atomic mass is 10.1. The number of nitrogens with one attached hydrogen (secondary N) is 1. The van der Waals surface area contributed by atoms with E-state index in [-0.39, 0.29) is 5.54 Å². The molecule has 0 unspecified atom stereocenters. The first-order chi connectivity index (χ1) is 9.40. The fourth-order valence-electron chi connectivity index (χ4n) is 2.31. The van der Waals surface area contributed by atoms with Crippen molar-refractivity contribution in [3.63, 3.8) is 0 Å². The number of rotatable bonds is 6. The van der Waals surface area contributed by atoms with Gasteiger partial charge in [0.25, 0.3) is 0 Å². The summed E-state index contributed by atoms with van der Waals surface area (Å²) in [7, 11) is 0. The zero-order valence-corrected chi connectivity index (χ0v) is 14.6. The Kier molecular flexibility index (Phi) is 5.08. The SMILES string of the molecule is CCCN(c1ncc(Br)cc1CNC(C)(C)C)C1CC1. The standard InChI is InChI=1S/C16H26BrN3/c1-5-8-20(14-6-7-14)15-12(9-13(17)11-18-15)10-19-16(2,3)4/h9,11,14,19H,5-8,10H2,1-4H3. The first-order valence-corrected chi connectivity index (χ1v) is 8.36. The van der Waals surface area contributed by atoms with E-state index in [1.807, 2.05) is 6.20 Å². The summed E-state index contributed by atoms with van der Waals surface area (Å²) in [5.41, 5.74) is 1.41. The van der Waals surface area contributed by atoms with E-state index in [0.717, 1.165) is 23.4 Å². The van der Waals surface area contributed by atoms with E-state index in [4.69, 9.17) is 4.98 Å². The van der Waals surface area contributed by atoms with Crippen molar-refractivity contribution in [3.8, 4) is 0 Å². The fourth-order valence-corrected chi connectivity index (χ4v) is 2.69. The van der Waals surface area contributed by atoms with Crippen molar-refractivity contribution in [2.24, 2.45) is 0 Å². The Balaban J connectivity index is 2.21. The van der Waals surface area contributed by atoms with Crippen molar-refractivity contribution >= 4 is 21.7 Å². The molecule has 0 spiro atoms. The quantitative estimate of drug-likeness (QED) is 0.845. The molecule has 0 aliphatic heterocycles. The Hall–Kier alpha value is -0.610. The number of nitrogens with zero attached hydrogens (tertiary/aromatic N) is 2. The molecule has 1 fully saturated rings. The molecule has 1 N–H and O–H groups in total. The van der Waals surface area contributed by atoms with Gasteiger partial charge in [-0.3, -0.25) is 0 Å². The van der Waals surface area contributed by atoms with Crippen molar-refractivity contribution in [2.45, 2.75) is 65.1 Å². The summed E-state index contributed by atoms with van der Waals surface area (Å²) in [6.45, 7) is 10.8. The molecule has 2 rings (SSSR count). The summed E-state index contributed by atoms with van der Waals surface area (Å²) < 4.78 is 1.05. The molecule has 0 aromatic carbocycles. The van der Waals surface area contributed by atoms with Crippen LogP contribution in [-0.2, 0) is 6.54 Å². The molecule has 1 aliphatic carbocycles. The Bertz CT molecular complexity index is 450. The molecule has 0 amide bonds. The summed E-state index contributed by atoms with van der Waals surface area (Å²) in [4.78, 5) is 7.19. The normalized spacial score (nSPS) is 15.4. The van der Waals surface area contributed by atoms with Gasteiger partial charge in [0.1, 0.15) is 5.82 Å². The molecule has 1 saturated carbocycles. The Labute approximate surface area is 131 Å². The summed E-state index contributed by atoms with van der Waals surface area (Å²) in [6.07, 6.45) is 5.70. The lowest BCUT2D eigenvalue weighted by Gasteiger charge is -2.27. The third-order valence-electron chi connectivity index (χ3n) is 3.44. The first-order valence-electron chi connectivity index (χ1n) is 7.57. The molecule has 3 nitrogen and oxygen atoms in total. The van der Waals surface area contributed by atoms with Crippen molar-refractivity contribution in [1.29, 1.82) is 0 Å². The molecule has 20 heavy (non-hydrogen) atoms. The topological polar surface area (TPSA) is 28.2 Å². The minimum absolute atomic E-state index is 0.120. The molecule has 0 atom stereocenters. The van der Waals surface area contributed by atoms with Gasteiger partial charge in [-0.15, -0.1) is 0 Å². The van der Waals surface area contributed by atoms with Gasteiger partial charge >= 0.3 is 0 Å². The van der Waals surface area contributed by atoms with E-state index in [0.29, 0.717) is 6.04 Å². The van der Waals surface area contributed by atoms with Crippen molar-refractivity contribution in [2.75, 3.05) is 11.4 Å². The number of anilines is 1. The summed E-state index contributed by atoms with van der Waals surface area (Å²) in [6, 6.07) is 2.91. The van der Waals surface area contributed by atoms with Crippen LogP contribution in [0.4, 0.5) is 5.82 Å². The van der Waals surface area contributed by atoms with Crippen LogP contribution in [-0.4, -0.2) is 23.1 Å². The number of pyridine rings is 1. The van der Waals surface area contributed by atoms with Crippen LogP contribution in [0.15, 0.2) is 16.7 Å². The summed E-state index contributed by atoms with van der Waals surface area (Å²) in [5, 5.41) is 3.57. The zero-order chi connectivity index (χ0) is 14.8. The van der Waals surface area contributed by atoms with Crippen molar-refractivity contribution in [1.82, 2.24) is 10.3 Å². The molecular weight excluding hydrogens is 314 g/mol. The van der Waals surface area contributed by atoms with E-state index in [2.05, 4.69) is 59.9 Å². The third kappa shape index (κ3) is 4.45. The Morgan fingerprint density at radius 3 is 2.65 bits per heavy atom. The van der Waals surface area contributed by atoms with Crippen LogP contribution >= 0.6 is 15.9 Å². The molecule has 1 heterocycles. The van der Waals surface area contributed by atoms with Gasteiger partial charge < -0.3 is 10.2 Å². The molecule has 0 saturated heterocycles. The van der Waals surface area contributed by atoms with E-state index in [1.54, 1.807) is 0 Å². The average Bonchev–Trinajstić information content (AvgIpc) is 3.17. The first kappa shape index (κ1) is 15.8. The molecule has 1 aliphatic rings. The second-order valence-corrected chi connectivity index (χ2v) is 7.58. The van der Waals surface area contributed by atoms with Crippen LogP contribution in [0.2, 0.25) is 0 Å². The molecule has 4 heteroatoms. The second-order valence-electron chi connectivity index (χ2n) is 6.66. The van der Waals surface area contributed by atoms with Crippen LogP contribution < -0.4 is 10.2 Å². The number of hydrogen-bond acceptors (Lipinski definition) is 3. The predicted octanol–water partition coefficient (Wildman–Crippen LogP) is 4.11. The van der Waals surface area contributed by atoms with Gasteiger partial charge in [0, 0.05) is 40.9 Å². The van der Waals surface area contributed by atoms with Crippen LogP contribution in [0.1, 0.15) is 52.5 Å². The van der Waals surface area contributed by atoms with E-state index in [9.17, 15) is 0 Å². The van der Waals surface area contributed by atoms with Crippen molar-refractivity contribution < 1.29 is 0 Å². The minimum Gasteiger partial charge on any atom is -0.353 e. The third-order valence-corrected chi connectivity index (χ3v) is 3.88. The van der Waals surface area contributed by atoms with E-state index < -0.39 is 0 Å². The van der Waals surface area contributed by atoms with Crippen LogP contribution in [0, 0.1) is 0 Å². The maximum atomic E-state index is 4.70. The molecule has 0 radical (unpaired) electrons. The minimum atomic E-state index is 0.120. The van der Waals surface area contributed by atoms with Crippen LogP contribution in [0.5, 0.6) is 0 Å². The molecular formula is C16H26BrN3. The van der Waals surface area contributed by atoms with E-state index in [1.165, 1.54) is 24.8 Å². The van der Waals surface area contributed by atoms with Gasteiger partial charge in [0.05, 0.1) is 0 Å². The highest BCUT2D eigenvalue weighted by molar-refractivity contribution is 9.10. The predicted molar refractivity (Wildman–Crippen MR) is 89.2 cm³/mol. The molecule has 0 bridgehead atoms. The maximum Gasteiger partial charge on any atom is 0.133 e. The van der Waals surface area contributed by atoms with Crippen LogP contribution in [0.3, 0.4) is 0 Å². The Morgan fingerprint density at radius 2 is 2.10 bits per heavy atom. The lowest BCUT2D eigenvalue weighted by Crippen LogP contribution is -2.36. The fraction of sp³-hybridized carbons (Fsp3) is 0.688. The van der Waals surface area contributed by atoms with Gasteiger partial charge in [-0.05, 0) is 62.0 Å². The average molecular weight is 340 g/mol. The molecule has 1 aromatic rings. The highest BCUT2D eigenvalue weighted by Gasteiger charge is 2.30. The smallest absolute Gasteiger partial charge is 0.133 e. The zero-order valence-electron chi connectivity index (χ0n) is 13.0. The highest BCUT2D eigenvalue weighted by Crippen LogP contribution is 2.33. The van der Waals surface area contributed by atoms with Gasteiger partial charge in [0.15, 0.2) is 0 Å². The highest BCUT2D eigenvalue weighted by atomic mass is 79.9. The van der Waals surface area contributed by atoms with Gasteiger partial charge in [0.2, 0.25) is 0 Å². The van der Waals surface area contributed by atoms with Gasteiger partial charge in [-0.25, -0.2) is 4.98 Å². The number of hydrogen-bond donors (Lipinski definition) is 1. The van der Waals surface area contributed by atoms with Crippen molar-refractivity contribution in [3.05, 3.63) is 22.3 Å². The summed E-state index contributed by atoms with van der Waals surface area (Å²) in [5.74, 6) is 1.16. The van der Waals surface area contributed by atoms with Crippen LogP contribution in [0.25, 0.3) is 0 Å².